The maximum absolute atomic E-state index is 8.76. The van der Waals surface area contributed by atoms with E-state index < -0.39 is 0 Å². The number of hydrogen-bond donors (Lipinski definition) is 0. The molecule has 2 aliphatic rings. The fourth-order valence-corrected chi connectivity index (χ4v) is 2.50. The molecular formula is C12H20N2. The van der Waals surface area contributed by atoms with Crippen molar-refractivity contribution in [1.29, 1.82) is 5.26 Å². The average molecular weight is 192 g/mol. The van der Waals surface area contributed by atoms with Crippen LogP contribution in [0.2, 0.25) is 0 Å². The summed E-state index contributed by atoms with van der Waals surface area (Å²) >= 11 is 0. The van der Waals surface area contributed by atoms with Gasteiger partial charge in [-0.3, -0.25) is 0 Å². The first kappa shape index (κ1) is 9.98. The molecule has 0 amide bonds. The van der Waals surface area contributed by atoms with Crippen LogP contribution in [0.15, 0.2) is 0 Å². The van der Waals surface area contributed by atoms with E-state index in [2.05, 4.69) is 11.0 Å². The Balaban J connectivity index is 1.81. The van der Waals surface area contributed by atoms with Crippen LogP contribution in [0.1, 0.15) is 44.9 Å². The first-order chi connectivity index (χ1) is 6.85. The number of rotatable bonds is 3. The van der Waals surface area contributed by atoms with Gasteiger partial charge in [-0.1, -0.05) is 12.8 Å². The molecule has 2 nitrogen and oxygen atoms in total. The number of nitriles is 1. The third-order valence-corrected chi connectivity index (χ3v) is 3.67. The van der Waals surface area contributed by atoms with Crippen molar-refractivity contribution >= 4 is 0 Å². The van der Waals surface area contributed by atoms with E-state index in [-0.39, 0.29) is 0 Å². The number of nitrogens with zero attached hydrogens (tertiary/aromatic N) is 2. The maximum Gasteiger partial charge on any atom is 0.0628 e. The van der Waals surface area contributed by atoms with Gasteiger partial charge in [0.15, 0.2) is 0 Å². The Morgan fingerprint density at radius 1 is 1.07 bits per heavy atom. The minimum atomic E-state index is 0.416. The molecule has 78 valence electrons. The molecule has 0 N–H and O–H groups in total. The Morgan fingerprint density at radius 2 is 1.71 bits per heavy atom. The molecule has 0 bridgehead atoms. The van der Waals surface area contributed by atoms with Crippen molar-refractivity contribution < 1.29 is 0 Å². The molecule has 2 fully saturated rings. The maximum atomic E-state index is 8.76. The van der Waals surface area contributed by atoms with Gasteiger partial charge in [0, 0.05) is 13.0 Å². The standard InChI is InChI=1S/C12H20N2/c13-8-7-12(5-6-12)11-14-9-3-1-2-4-10-14/h1-7,9-11H2. The quantitative estimate of drug-likeness (QED) is 0.687. The van der Waals surface area contributed by atoms with E-state index in [1.807, 2.05) is 0 Å². The summed E-state index contributed by atoms with van der Waals surface area (Å²) in [5.74, 6) is 0. The Bertz CT molecular complexity index is 217. The predicted molar refractivity (Wildman–Crippen MR) is 56.8 cm³/mol. The average Bonchev–Trinajstić information content (AvgIpc) is 2.93. The van der Waals surface area contributed by atoms with Crippen molar-refractivity contribution in [2.45, 2.75) is 44.9 Å². The van der Waals surface area contributed by atoms with Crippen LogP contribution in [-0.4, -0.2) is 24.5 Å². The van der Waals surface area contributed by atoms with E-state index in [1.165, 1.54) is 58.2 Å². The number of likely N-dealkylation sites (tertiary alicyclic amines) is 1. The topological polar surface area (TPSA) is 27.0 Å². The summed E-state index contributed by atoms with van der Waals surface area (Å²) in [6, 6.07) is 2.35. The fourth-order valence-electron chi connectivity index (χ4n) is 2.50. The highest BCUT2D eigenvalue weighted by Crippen LogP contribution is 2.49. The highest BCUT2D eigenvalue weighted by atomic mass is 15.1. The second kappa shape index (κ2) is 4.31. The van der Waals surface area contributed by atoms with Gasteiger partial charge in [-0.15, -0.1) is 0 Å². The van der Waals surface area contributed by atoms with E-state index in [0.29, 0.717) is 5.41 Å². The molecule has 0 aromatic carbocycles. The fraction of sp³-hybridized carbons (Fsp3) is 0.917. The third kappa shape index (κ3) is 2.48. The van der Waals surface area contributed by atoms with Crippen LogP contribution in [0.25, 0.3) is 0 Å². The van der Waals surface area contributed by atoms with Crippen LogP contribution < -0.4 is 0 Å². The molecule has 0 unspecified atom stereocenters. The van der Waals surface area contributed by atoms with E-state index in [9.17, 15) is 0 Å². The van der Waals surface area contributed by atoms with E-state index in [4.69, 9.17) is 5.26 Å². The molecule has 1 aliphatic carbocycles. The van der Waals surface area contributed by atoms with Crippen molar-refractivity contribution in [3.8, 4) is 6.07 Å². The Hall–Kier alpha value is -0.550. The lowest BCUT2D eigenvalue weighted by Crippen LogP contribution is -2.31. The van der Waals surface area contributed by atoms with Crippen LogP contribution in [-0.2, 0) is 0 Å². The van der Waals surface area contributed by atoms with E-state index >= 15 is 0 Å². The highest BCUT2D eigenvalue weighted by molar-refractivity contribution is 5.01. The smallest absolute Gasteiger partial charge is 0.0628 e. The Labute approximate surface area is 86.9 Å². The Kier molecular flexibility index (Phi) is 3.08. The molecule has 0 atom stereocenters. The zero-order valence-corrected chi connectivity index (χ0v) is 8.97. The summed E-state index contributed by atoms with van der Waals surface area (Å²) < 4.78 is 0. The summed E-state index contributed by atoms with van der Waals surface area (Å²) in [5, 5.41) is 8.76. The molecule has 0 aromatic heterocycles. The van der Waals surface area contributed by atoms with E-state index in [1.54, 1.807) is 0 Å². The van der Waals surface area contributed by atoms with Gasteiger partial charge in [0.2, 0.25) is 0 Å². The second-order valence-electron chi connectivity index (χ2n) is 5.03. The highest BCUT2D eigenvalue weighted by Gasteiger charge is 2.43. The van der Waals surface area contributed by atoms with Crippen molar-refractivity contribution in [3.05, 3.63) is 0 Å². The zero-order chi connectivity index (χ0) is 9.86. The lowest BCUT2D eigenvalue weighted by atomic mass is 10.0. The SMILES string of the molecule is N#CCC1(CN2CCCCCC2)CC1. The van der Waals surface area contributed by atoms with Crippen LogP contribution in [0.5, 0.6) is 0 Å². The van der Waals surface area contributed by atoms with Gasteiger partial charge in [-0.2, -0.15) is 5.26 Å². The van der Waals surface area contributed by atoms with Gasteiger partial charge in [-0.25, -0.2) is 0 Å². The molecule has 0 aromatic rings. The van der Waals surface area contributed by atoms with Crippen LogP contribution >= 0.6 is 0 Å². The number of hydrogen-bond acceptors (Lipinski definition) is 2. The van der Waals surface area contributed by atoms with Crippen LogP contribution in [0.4, 0.5) is 0 Å². The van der Waals surface area contributed by atoms with Crippen molar-refractivity contribution in [1.82, 2.24) is 4.90 Å². The lowest BCUT2D eigenvalue weighted by Gasteiger charge is -2.24. The van der Waals surface area contributed by atoms with Crippen molar-refractivity contribution in [2.24, 2.45) is 5.41 Å². The van der Waals surface area contributed by atoms with Crippen molar-refractivity contribution in [3.63, 3.8) is 0 Å². The molecule has 14 heavy (non-hydrogen) atoms. The molecule has 0 radical (unpaired) electrons. The minimum Gasteiger partial charge on any atom is -0.303 e. The van der Waals surface area contributed by atoms with Gasteiger partial charge in [0.25, 0.3) is 0 Å². The molecule has 1 saturated carbocycles. The monoisotopic (exact) mass is 192 g/mol. The molecule has 2 rings (SSSR count). The predicted octanol–water partition coefficient (Wildman–Crippen LogP) is 2.56. The zero-order valence-electron chi connectivity index (χ0n) is 8.97. The van der Waals surface area contributed by atoms with Gasteiger partial charge in [-0.05, 0) is 44.2 Å². The van der Waals surface area contributed by atoms with E-state index in [0.717, 1.165) is 6.42 Å². The van der Waals surface area contributed by atoms with Gasteiger partial charge in [0.05, 0.1) is 6.07 Å². The van der Waals surface area contributed by atoms with Crippen molar-refractivity contribution in [2.75, 3.05) is 19.6 Å². The summed E-state index contributed by atoms with van der Waals surface area (Å²) in [6.45, 7) is 3.74. The normalized spacial score (nSPS) is 26.5. The van der Waals surface area contributed by atoms with Gasteiger partial charge < -0.3 is 4.90 Å². The summed E-state index contributed by atoms with van der Waals surface area (Å²) in [5.41, 5.74) is 0.416. The molecule has 1 aliphatic heterocycles. The molecule has 1 saturated heterocycles. The minimum absolute atomic E-state index is 0.416. The summed E-state index contributed by atoms with van der Waals surface area (Å²) in [6.07, 6.45) is 8.90. The molecule has 2 heteroatoms. The molecular weight excluding hydrogens is 172 g/mol. The van der Waals surface area contributed by atoms with Gasteiger partial charge >= 0.3 is 0 Å². The molecule has 1 heterocycles. The first-order valence-electron chi connectivity index (χ1n) is 5.94. The third-order valence-electron chi connectivity index (χ3n) is 3.67. The first-order valence-corrected chi connectivity index (χ1v) is 5.94. The molecule has 0 spiro atoms. The Morgan fingerprint density at radius 3 is 2.21 bits per heavy atom. The largest absolute Gasteiger partial charge is 0.303 e. The summed E-state index contributed by atoms with van der Waals surface area (Å²) in [7, 11) is 0. The van der Waals surface area contributed by atoms with Gasteiger partial charge in [0.1, 0.15) is 0 Å². The second-order valence-corrected chi connectivity index (χ2v) is 5.03. The van der Waals surface area contributed by atoms with Crippen LogP contribution in [0.3, 0.4) is 0 Å². The summed E-state index contributed by atoms with van der Waals surface area (Å²) in [4.78, 5) is 2.59. The van der Waals surface area contributed by atoms with Crippen LogP contribution in [0, 0.1) is 16.7 Å². The lowest BCUT2D eigenvalue weighted by molar-refractivity contribution is 0.228.